The average molecular weight is 407 g/mol. The SMILES string of the molecule is O=C(NC(=S)Nc1ccccc1O)c1ccc(-c2ccc(Cl)c(Cl)c2)o1. The number of halogens is 2. The molecule has 0 spiro atoms. The predicted molar refractivity (Wildman–Crippen MR) is 106 cm³/mol. The molecular formula is C18H12Cl2N2O3S. The Bertz CT molecular complexity index is 988. The summed E-state index contributed by atoms with van der Waals surface area (Å²) in [6.07, 6.45) is 0. The van der Waals surface area contributed by atoms with E-state index in [4.69, 9.17) is 39.8 Å². The maximum Gasteiger partial charge on any atom is 0.293 e. The summed E-state index contributed by atoms with van der Waals surface area (Å²) in [4.78, 5) is 12.3. The minimum atomic E-state index is -0.524. The lowest BCUT2D eigenvalue weighted by Gasteiger charge is -2.09. The molecule has 1 heterocycles. The monoisotopic (exact) mass is 406 g/mol. The third-order valence-corrected chi connectivity index (χ3v) is 4.36. The number of amides is 1. The largest absolute Gasteiger partial charge is 0.506 e. The summed E-state index contributed by atoms with van der Waals surface area (Å²) < 4.78 is 5.55. The van der Waals surface area contributed by atoms with Gasteiger partial charge in [0.15, 0.2) is 10.9 Å². The minimum Gasteiger partial charge on any atom is -0.506 e. The standard InChI is InChI=1S/C18H12Cl2N2O3S/c19-11-6-5-10(9-12(11)20)15-7-8-16(25-15)17(24)22-18(26)21-13-3-1-2-4-14(13)23/h1-9,23H,(H2,21,22,24,26). The molecule has 0 saturated heterocycles. The Labute approximate surface area is 164 Å². The number of hydrogen-bond donors (Lipinski definition) is 3. The van der Waals surface area contributed by atoms with Gasteiger partial charge >= 0.3 is 0 Å². The summed E-state index contributed by atoms with van der Waals surface area (Å²) in [7, 11) is 0. The van der Waals surface area contributed by atoms with Crippen LogP contribution in [0, 0.1) is 0 Å². The fraction of sp³-hybridized carbons (Fsp3) is 0. The number of furan rings is 1. The molecule has 0 aliphatic carbocycles. The molecule has 0 aliphatic rings. The molecule has 0 bridgehead atoms. The zero-order valence-electron chi connectivity index (χ0n) is 13.1. The lowest BCUT2D eigenvalue weighted by atomic mass is 10.2. The molecule has 1 amide bonds. The number of benzene rings is 2. The Hall–Kier alpha value is -2.54. The number of carbonyl (C=O) groups is 1. The van der Waals surface area contributed by atoms with Crippen LogP contribution >= 0.6 is 35.4 Å². The van der Waals surface area contributed by atoms with Crippen molar-refractivity contribution >= 4 is 52.1 Å². The number of aromatic hydroxyl groups is 1. The first-order chi connectivity index (χ1) is 12.4. The molecule has 26 heavy (non-hydrogen) atoms. The number of hydrogen-bond acceptors (Lipinski definition) is 4. The normalized spacial score (nSPS) is 10.4. The maximum absolute atomic E-state index is 12.3. The van der Waals surface area contributed by atoms with Gasteiger partial charge in [-0.3, -0.25) is 10.1 Å². The third kappa shape index (κ3) is 4.16. The Balaban J connectivity index is 1.69. The van der Waals surface area contributed by atoms with Gasteiger partial charge in [0, 0.05) is 5.56 Å². The topological polar surface area (TPSA) is 74.5 Å². The highest BCUT2D eigenvalue weighted by molar-refractivity contribution is 7.80. The molecule has 1 aromatic heterocycles. The van der Waals surface area contributed by atoms with Crippen LogP contribution < -0.4 is 10.6 Å². The van der Waals surface area contributed by atoms with Crippen molar-refractivity contribution in [2.45, 2.75) is 0 Å². The van der Waals surface area contributed by atoms with Crippen LogP contribution in [0.4, 0.5) is 5.69 Å². The summed E-state index contributed by atoms with van der Waals surface area (Å²) in [5, 5.41) is 15.8. The van der Waals surface area contributed by atoms with Crippen LogP contribution in [-0.2, 0) is 0 Å². The van der Waals surface area contributed by atoms with Crippen molar-refractivity contribution in [2.24, 2.45) is 0 Å². The van der Waals surface area contributed by atoms with Crippen LogP contribution in [0.5, 0.6) is 5.75 Å². The van der Waals surface area contributed by atoms with Gasteiger partial charge in [0.25, 0.3) is 5.91 Å². The van der Waals surface area contributed by atoms with Gasteiger partial charge in [-0.25, -0.2) is 0 Å². The zero-order chi connectivity index (χ0) is 18.7. The molecule has 8 heteroatoms. The molecule has 3 rings (SSSR count). The summed E-state index contributed by atoms with van der Waals surface area (Å²) in [5.74, 6) is 0.0361. The smallest absolute Gasteiger partial charge is 0.293 e. The molecule has 0 unspecified atom stereocenters. The quantitative estimate of drug-likeness (QED) is 0.417. The van der Waals surface area contributed by atoms with E-state index >= 15 is 0 Å². The Kier molecular flexibility index (Phi) is 5.46. The van der Waals surface area contributed by atoms with Gasteiger partial charge in [-0.1, -0.05) is 35.3 Å². The number of phenols is 1. The molecule has 0 radical (unpaired) electrons. The highest BCUT2D eigenvalue weighted by atomic mass is 35.5. The van der Waals surface area contributed by atoms with E-state index in [1.165, 1.54) is 12.1 Å². The molecule has 0 fully saturated rings. The molecular weight excluding hydrogens is 395 g/mol. The van der Waals surface area contributed by atoms with Crippen molar-refractivity contribution in [1.82, 2.24) is 5.32 Å². The zero-order valence-corrected chi connectivity index (χ0v) is 15.5. The number of anilines is 1. The van der Waals surface area contributed by atoms with Gasteiger partial charge < -0.3 is 14.8 Å². The lowest BCUT2D eigenvalue weighted by Crippen LogP contribution is -2.33. The molecule has 2 aromatic carbocycles. The fourth-order valence-corrected chi connectivity index (χ4v) is 2.66. The van der Waals surface area contributed by atoms with E-state index < -0.39 is 5.91 Å². The van der Waals surface area contributed by atoms with Crippen molar-refractivity contribution in [2.75, 3.05) is 5.32 Å². The molecule has 5 nitrogen and oxygen atoms in total. The molecule has 0 saturated carbocycles. The third-order valence-electron chi connectivity index (χ3n) is 3.41. The molecule has 132 valence electrons. The van der Waals surface area contributed by atoms with E-state index in [0.29, 0.717) is 27.1 Å². The first kappa shape index (κ1) is 18.3. The Morgan fingerprint density at radius 2 is 1.81 bits per heavy atom. The van der Waals surface area contributed by atoms with E-state index in [2.05, 4.69) is 10.6 Å². The second-order valence-corrected chi connectivity index (χ2v) is 6.44. The van der Waals surface area contributed by atoms with Crippen molar-refractivity contribution in [1.29, 1.82) is 0 Å². The van der Waals surface area contributed by atoms with Crippen LogP contribution in [0.25, 0.3) is 11.3 Å². The first-order valence-electron chi connectivity index (χ1n) is 7.39. The highest BCUT2D eigenvalue weighted by Crippen LogP contribution is 2.29. The average Bonchev–Trinajstić information content (AvgIpc) is 3.09. The minimum absolute atomic E-state index is 0.0176. The number of rotatable bonds is 3. The number of nitrogens with one attached hydrogen (secondary N) is 2. The van der Waals surface area contributed by atoms with Crippen molar-refractivity contribution < 1.29 is 14.3 Å². The van der Waals surface area contributed by atoms with E-state index in [1.807, 2.05) is 0 Å². The van der Waals surface area contributed by atoms with E-state index in [9.17, 15) is 9.90 Å². The number of para-hydroxylation sites is 2. The molecule has 0 atom stereocenters. The van der Waals surface area contributed by atoms with Crippen LogP contribution in [0.1, 0.15) is 10.6 Å². The van der Waals surface area contributed by atoms with Crippen molar-refractivity contribution in [3.8, 4) is 17.1 Å². The van der Waals surface area contributed by atoms with Gasteiger partial charge in [0.05, 0.1) is 15.7 Å². The number of thiocarbonyl (C=S) groups is 1. The number of phenolic OH excluding ortho intramolecular Hbond substituents is 1. The summed E-state index contributed by atoms with van der Waals surface area (Å²) in [6.45, 7) is 0. The maximum atomic E-state index is 12.3. The molecule has 3 aromatic rings. The second kappa shape index (κ2) is 7.78. The van der Waals surface area contributed by atoms with Crippen LogP contribution in [0.2, 0.25) is 10.0 Å². The summed E-state index contributed by atoms with van der Waals surface area (Å²) in [5.41, 5.74) is 1.07. The second-order valence-electron chi connectivity index (χ2n) is 5.22. The Morgan fingerprint density at radius 3 is 2.54 bits per heavy atom. The van der Waals surface area contributed by atoms with Crippen molar-refractivity contribution in [3.05, 3.63) is 70.4 Å². The fourth-order valence-electron chi connectivity index (χ4n) is 2.16. The van der Waals surface area contributed by atoms with Gasteiger partial charge in [0.1, 0.15) is 11.5 Å². The van der Waals surface area contributed by atoms with Gasteiger partial charge in [-0.15, -0.1) is 0 Å². The van der Waals surface area contributed by atoms with Crippen LogP contribution in [0.3, 0.4) is 0 Å². The van der Waals surface area contributed by atoms with Gasteiger partial charge in [0.2, 0.25) is 0 Å². The first-order valence-corrected chi connectivity index (χ1v) is 8.56. The van der Waals surface area contributed by atoms with E-state index in [0.717, 1.165) is 0 Å². The van der Waals surface area contributed by atoms with Crippen LogP contribution in [-0.4, -0.2) is 16.1 Å². The molecule has 3 N–H and O–H groups in total. The Morgan fingerprint density at radius 1 is 1.04 bits per heavy atom. The van der Waals surface area contributed by atoms with E-state index in [-0.39, 0.29) is 16.6 Å². The van der Waals surface area contributed by atoms with Gasteiger partial charge in [-0.2, -0.15) is 0 Å². The lowest BCUT2D eigenvalue weighted by molar-refractivity contribution is 0.0951. The molecule has 0 aliphatic heterocycles. The van der Waals surface area contributed by atoms with Gasteiger partial charge in [-0.05, 0) is 54.7 Å². The van der Waals surface area contributed by atoms with Crippen LogP contribution in [0.15, 0.2) is 59.0 Å². The highest BCUT2D eigenvalue weighted by Gasteiger charge is 2.15. The van der Waals surface area contributed by atoms with E-state index in [1.54, 1.807) is 42.5 Å². The van der Waals surface area contributed by atoms with Crippen molar-refractivity contribution in [3.63, 3.8) is 0 Å². The summed E-state index contributed by atoms with van der Waals surface area (Å²) in [6, 6.07) is 14.7. The predicted octanol–water partition coefficient (Wildman–Crippen LogP) is 5.09. The summed E-state index contributed by atoms with van der Waals surface area (Å²) >= 11 is 17.0. The number of carbonyl (C=O) groups excluding carboxylic acids is 1.